The molecule has 0 aliphatic rings. The molecule has 0 radical (unpaired) electrons. The zero-order chi connectivity index (χ0) is 12.8. The fourth-order valence-electron chi connectivity index (χ4n) is 1.96. The summed E-state index contributed by atoms with van der Waals surface area (Å²) in [6.45, 7) is 3.10. The fourth-order valence-corrected chi connectivity index (χ4v) is 1.96. The van der Waals surface area contributed by atoms with Crippen molar-refractivity contribution in [3.8, 4) is 0 Å². The van der Waals surface area contributed by atoms with Crippen LogP contribution < -0.4 is 5.73 Å². The van der Waals surface area contributed by atoms with Crippen LogP contribution in [-0.4, -0.2) is 14.8 Å². The highest BCUT2D eigenvalue weighted by Gasteiger charge is 2.08. The van der Waals surface area contributed by atoms with Gasteiger partial charge in [-0.2, -0.15) is 5.10 Å². The van der Waals surface area contributed by atoms with E-state index in [4.69, 9.17) is 5.73 Å². The van der Waals surface area contributed by atoms with Crippen molar-refractivity contribution in [3.05, 3.63) is 48.0 Å². The fraction of sp³-hybridized carbons (Fsp3) is 0.429. The predicted octanol–water partition coefficient (Wildman–Crippen LogP) is 2.32. The van der Waals surface area contributed by atoms with E-state index >= 15 is 0 Å². The van der Waals surface area contributed by atoms with Gasteiger partial charge in [0.05, 0.1) is 6.20 Å². The Kier molecular flexibility index (Phi) is 4.47. The molecule has 4 heteroatoms. The molecule has 0 aromatic carbocycles. The van der Waals surface area contributed by atoms with Gasteiger partial charge in [-0.25, -0.2) is 0 Å². The molecule has 0 fully saturated rings. The van der Waals surface area contributed by atoms with Gasteiger partial charge in [0.1, 0.15) is 0 Å². The van der Waals surface area contributed by atoms with E-state index in [9.17, 15) is 0 Å². The maximum absolute atomic E-state index is 6.18. The smallest absolute Gasteiger partial charge is 0.0537 e. The third kappa shape index (κ3) is 3.40. The molecule has 4 nitrogen and oxygen atoms in total. The number of nitrogens with two attached hydrogens (primary N) is 1. The Hall–Kier alpha value is -1.68. The quantitative estimate of drug-likeness (QED) is 0.848. The first-order valence-corrected chi connectivity index (χ1v) is 6.46. The standard InChI is InChI=1S/C14H20N4/c1-2-8-18-11-13(10-17-18)14(15)6-5-12-4-3-7-16-9-12/h3-4,7,9-11,14H,2,5-6,8,15H2,1H3. The SMILES string of the molecule is CCCn1cc(C(N)CCc2cccnc2)cn1. The number of pyridine rings is 1. The topological polar surface area (TPSA) is 56.7 Å². The monoisotopic (exact) mass is 244 g/mol. The molecule has 0 spiro atoms. The number of aromatic nitrogens is 3. The third-order valence-corrected chi connectivity index (χ3v) is 3.00. The molecular weight excluding hydrogens is 224 g/mol. The Morgan fingerprint density at radius 3 is 3.00 bits per heavy atom. The van der Waals surface area contributed by atoms with Gasteiger partial charge in [0.25, 0.3) is 0 Å². The van der Waals surface area contributed by atoms with Crippen molar-refractivity contribution in [2.75, 3.05) is 0 Å². The average molecular weight is 244 g/mol. The molecule has 2 aromatic heterocycles. The molecule has 1 unspecified atom stereocenters. The second-order valence-corrected chi connectivity index (χ2v) is 4.54. The molecule has 2 heterocycles. The highest BCUT2D eigenvalue weighted by Crippen LogP contribution is 2.15. The minimum atomic E-state index is 0.0517. The Bertz CT molecular complexity index is 464. The van der Waals surface area contributed by atoms with Crippen LogP contribution in [0.1, 0.15) is 36.9 Å². The summed E-state index contributed by atoms with van der Waals surface area (Å²) in [5, 5.41) is 4.31. The van der Waals surface area contributed by atoms with Gasteiger partial charge in [-0.05, 0) is 30.9 Å². The normalized spacial score (nSPS) is 12.6. The molecule has 0 aliphatic carbocycles. The molecule has 0 aliphatic heterocycles. The summed E-state index contributed by atoms with van der Waals surface area (Å²) >= 11 is 0. The Morgan fingerprint density at radius 2 is 2.28 bits per heavy atom. The second kappa shape index (κ2) is 6.31. The number of aryl methyl sites for hydroxylation is 2. The van der Waals surface area contributed by atoms with Crippen molar-refractivity contribution in [1.29, 1.82) is 0 Å². The first-order valence-electron chi connectivity index (χ1n) is 6.46. The van der Waals surface area contributed by atoms with Gasteiger partial charge in [-0.15, -0.1) is 0 Å². The lowest BCUT2D eigenvalue weighted by Crippen LogP contribution is -2.10. The lowest BCUT2D eigenvalue weighted by Gasteiger charge is -2.08. The van der Waals surface area contributed by atoms with Crippen LogP contribution in [0, 0.1) is 0 Å². The molecule has 0 saturated carbocycles. The molecule has 2 aromatic rings. The highest BCUT2D eigenvalue weighted by molar-refractivity contribution is 5.13. The molecular formula is C14H20N4. The van der Waals surface area contributed by atoms with Gasteiger partial charge >= 0.3 is 0 Å². The molecule has 0 amide bonds. The Balaban J connectivity index is 1.89. The number of hydrogen-bond donors (Lipinski definition) is 1. The van der Waals surface area contributed by atoms with Gasteiger partial charge in [-0.3, -0.25) is 9.67 Å². The summed E-state index contributed by atoms with van der Waals surface area (Å²) in [6.07, 6.45) is 10.6. The van der Waals surface area contributed by atoms with E-state index in [0.29, 0.717) is 0 Å². The Morgan fingerprint density at radius 1 is 1.39 bits per heavy atom. The van der Waals surface area contributed by atoms with Crippen LogP contribution in [0.2, 0.25) is 0 Å². The largest absolute Gasteiger partial charge is 0.324 e. The van der Waals surface area contributed by atoms with Crippen molar-refractivity contribution < 1.29 is 0 Å². The molecule has 1 atom stereocenters. The highest BCUT2D eigenvalue weighted by atomic mass is 15.3. The van der Waals surface area contributed by atoms with Crippen LogP contribution in [0.15, 0.2) is 36.9 Å². The van der Waals surface area contributed by atoms with Crippen molar-refractivity contribution in [1.82, 2.24) is 14.8 Å². The van der Waals surface area contributed by atoms with Gasteiger partial charge in [0.2, 0.25) is 0 Å². The summed E-state index contributed by atoms with van der Waals surface area (Å²) in [5.74, 6) is 0. The number of hydrogen-bond acceptors (Lipinski definition) is 3. The van der Waals surface area contributed by atoms with Crippen LogP contribution in [0.3, 0.4) is 0 Å². The third-order valence-electron chi connectivity index (χ3n) is 3.00. The maximum Gasteiger partial charge on any atom is 0.0537 e. The first-order chi connectivity index (χ1) is 8.79. The van der Waals surface area contributed by atoms with Gasteiger partial charge in [0.15, 0.2) is 0 Å². The van der Waals surface area contributed by atoms with Gasteiger partial charge < -0.3 is 5.73 Å². The van der Waals surface area contributed by atoms with E-state index in [0.717, 1.165) is 31.4 Å². The summed E-state index contributed by atoms with van der Waals surface area (Å²) in [4.78, 5) is 4.11. The van der Waals surface area contributed by atoms with Gasteiger partial charge in [-0.1, -0.05) is 13.0 Å². The summed E-state index contributed by atoms with van der Waals surface area (Å²) in [6, 6.07) is 4.09. The van der Waals surface area contributed by atoms with Crippen LogP contribution >= 0.6 is 0 Å². The van der Waals surface area contributed by atoms with Gasteiger partial charge in [0, 0.05) is 36.7 Å². The van der Waals surface area contributed by atoms with Crippen LogP contribution in [0.4, 0.5) is 0 Å². The minimum Gasteiger partial charge on any atom is -0.324 e. The number of rotatable bonds is 6. The van der Waals surface area contributed by atoms with E-state index in [1.807, 2.05) is 23.1 Å². The maximum atomic E-state index is 6.18. The van der Waals surface area contributed by atoms with Crippen molar-refractivity contribution in [3.63, 3.8) is 0 Å². The lowest BCUT2D eigenvalue weighted by molar-refractivity contribution is 0.599. The van der Waals surface area contributed by atoms with Crippen molar-refractivity contribution in [2.24, 2.45) is 5.73 Å². The summed E-state index contributed by atoms with van der Waals surface area (Å²) < 4.78 is 1.96. The van der Waals surface area contributed by atoms with E-state index < -0.39 is 0 Å². The van der Waals surface area contributed by atoms with Crippen molar-refractivity contribution >= 4 is 0 Å². The molecule has 0 bridgehead atoms. The lowest BCUT2D eigenvalue weighted by atomic mass is 10.0. The minimum absolute atomic E-state index is 0.0517. The molecule has 2 rings (SSSR count). The first kappa shape index (κ1) is 12.8. The molecule has 0 saturated heterocycles. The van der Waals surface area contributed by atoms with E-state index in [-0.39, 0.29) is 6.04 Å². The van der Waals surface area contributed by atoms with E-state index in [2.05, 4.69) is 29.3 Å². The molecule has 18 heavy (non-hydrogen) atoms. The zero-order valence-electron chi connectivity index (χ0n) is 10.8. The van der Waals surface area contributed by atoms with Crippen LogP contribution in [0.5, 0.6) is 0 Å². The summed E-state index contributed by atoms with van der Waals surface area (Å²) in [7, 11) is 0. The van der Waals surface area contributed by atoms with Crippen molar-refractivity contribution in [2.45, 2.75) is 38.8 Å². The van der Waals surface area contributed by atoms with Crippen LogP contribution in [0.25, 0.3) is 0 Å². The van der Waals surface area contributed by atoms with E-state index in [1.165, 1.54) is 5.56 Å². The zero-order valence-corrected chi connectivity index (χ0v) is 10.8. The second-order valence-electron chi connectivity index (χ2n) is 4.54. The molecule has 96 valence electrons. The summed E-state index contributed by atoms with van der Waals surface area (Å²) in [5.41, 5.74) is 8.53. The Labute approximate surface area is 108 Å². The molecule has 2 N–H and O–H groups in total. The number of nitrogens with zero attached hydrogens (tertiary/aromatic N) is 3. The van der Waals surface area contributed by atoms with E-state index in [1.54, 1.807) is 6.20 Å². The predicted molar refractivity (Wildman–Crippen MR) is 72.0 cm³/mol. The van der Waals surface area contributed by atoms with Crippen LogP contribution in [-0.2, 0) is 13.0 Å². The average Bonchev–Trinajstić information content (AvgIpc) is 2.86.